The minimum absolute atomic E-state index is 0.00667. The maximum Gasteiger partial charge on any atom is 0.337 e. The molecule has 3 rings (SSSR count). The summed E-state index contributed by atoms with van der Waals surface area (Å²) < 4.78 is 10.4. The van der Waals surface area contributed by atoms with Crippen molar-refractivity contribution in [3.8, 4) is 5.75 Å². The lowest BCUT2D eigenvalue weighted by molar-refractivity contribution is -0.145. The second-order valence-electron chi connectivity index (χ2n) is 6.46. The highest BCUT2D eigenvalue weighted by molar-refractivity contribution is 6.14. The molecular formula is C24H21NO5. The number of hydrogen-bond donors (Lipinski definition) is 1. The van der Waals surface area contributed by atoms with Crippen LogP contribution in [0.1, 0.15) is 26.3 Å². The average Bonchev–Trinajstić information content (AvgIpc) is 2.81. The minimum atomic E-state index is -1.48. The summed E-state index contributed by atoms with van der Waals surface area (Å²) in [5.74, 6) is -1.48. The summed E-state index contributed by atoms with van der Waals surface area (Å²) >= 11 is 0. The highest BCUT2D eigenvalue weighted by Gasteiger charge is 2.31. The van der Waals surface area contributed by atoms with Crippen LogP contribution in [0.4, 0.5) is 0 Å². The van der Waals surface area contributed by atoms with Gasteiger partial charge in [0.1, 0.15) is 12.4 Å². The number of hydrogen-bond acceptors (Lipinski definition) is 5. The molecule has 0 aliphatic carbocycles. The van der Waals surface area contributed by atoms with E-state index in [9.17, 15) is 14.4 Å². The number of methoxy groups -OCH3 is 1. The molecule has 1 amide bonds. The number of ether oxygens (including phenoxy) is 2. The predicted molar refractivity (Wildman–Crippen MR) is 111 cm³/mol. The van der Waals surface area contributed by atoms with Crippen molar-refractivity contribution >= 4 is 17.7 Å². The molecule has 0 saturated heterocycles. The van der Waals surface area contributed by atoms with Gasteiger partial charge in [-0.15, -0.1) is 0 Å². The molecule has 6 heteroatoms. The second kappa shape index (κ2) is 10.0. The van der Waals surface area contributed by atoms with Crippen LogP contribution in [0.5, 0.6) is 5.75 Å². The fourth-order valence-electron chi connectivity index (χ4n) is 2.79. The first-order valence-electron chi connectivity index (χ1n) is 9.33. The Morgan fingerprint density at radius 3 is 2.13 bits per heavy atom. The Labute approximate surface area is 174 Å². The molecule has 3 aromatic carbocycles. The standard InChI is InChI=1S/C24H21NO5/c1-29-20-14-8-13-19(15-20)23(27)25-21(22(26)18-11-6-3-7-12-18)24(28)30-16-17-9-4-2-5-10-17/h2-15,21H,16H2,1H3,(H,25,27). The van der Waals surface area contributed by atoms with Crippen molar-refractivity contribution in [2.24, 2.45) is 0 Å². The van der Waals surface area contributed by atoms with Gasteiger partial charge in [-0.3, -0.25) is 9.59 Å². The number of benzene rings is 3. The van der Waals surface area contributed by atoms with Crippen molar-refractivity contribution in [1.29, 1.82) is 0 Å². The third-order valence-electron chi connectivity index (χ3n) is 4.39. The Kier molecular flexibility index (Phi) is 6.95. The van der Waals surface area contributed by atoms with Crippen molar-refractivity contribution in [1.82, 2.24) is 5.32 Å². The van der Waals surface area contributed by atoms with Gasteiger partial charge in [0.25, 0.3) is 5.91 Å². The lowest BCUT2D eigenvalue weighted by atomic mass is 10.0. The third kappa shape index (κ3) is 5.32. The van der Waals surface area contributed by atoms with E-state index in [-0.39, 0.29) is 12.2 Å². The summed E-state index contributed by atoms with van der Waals surface area (Å²) in [6.07, 6.45) is 0. The lowest BCUT2D eigenvalue weighted by Crippen LogP contribution is -2.47. The van der Waals surface area contributed by atoms with Gasteiger partial charge in [0, 0.05) is 11.1 Å². The van der Waals surface area contributed by atoms with Gasteiger partial charge in [-0.1, -0.05) is 66.7 Å². The second-order valence-corrected chi connectivity index (χ2v) is 6.46. The largest absolute Gasteiger partial charge is 0.497 e. The summed E-state index contributed by atoms with van der Waals surface area (Å²) in [5, 5.41) is 2.50. The van der Waals surface area contributed by atoms with Crippen molar-refractivity contribution in [2.75, 3.05) is 7.11 Å². The van der Waals surface area contributed by atoms with Crippen LogP contribution in [0.3, 0.4) is 0 Å². The number of Topliss-reactive ketones (excluding diaryl/α,β-unsaturated/α-hetero) is 1. The quantitative estimate of drug-likeness (QED) is 0.354. The fourth-order valence-corrected chi connectivity index (χ4v) is 2.79. The number of nitrogens with one attached hydrogen (secondary N) is 1. The SMILES string of the molecule is COc1cccc(C(=O)NC(C(=O)OCc2ccccc2)C(=O)c2ccccc2)c1. The topological polar surface area (TPSA) is 81.7 Å². The van der Waals surface area contributed by atoms with Gasteiger partial charge < -0.3 is 14.8 Å². The predicted octanol–water partition coefficient (Wildman–Crippen LogP) is 3.42. The Hall–Kier alpha value is -3.93. The number of rotatable bonds is 8. The number of esters is 1. The van der Waals surface area contributed by atoms with E-state index in [4.69, 9.17) is 9.47 Å². The van der Waals surface area contributed by atoms with E-state index in [2.05, 4.69) is 5.32 Å². The first-order valence-corrected chi connectivity index (χ1v) is 9.33. The Morgan fingerprint density at radius 2 is 1.47 bits per heavy atom. The van der Waals surface area contributed by atoms with E-state index < -0.39 is 23.7 Å². The Morgan fingerprint density at radius 1 is 0.833 bits per heavy atom. The van der Waals surface area contributed by atoms with E-state index in [0.717, 1.165) is 5.56 Å². The molecule has 1 N–H and O–H groups in total. The molecule has 3 aromatic rings. The van der Waals surface area contributed by atoms with Crippen LogP contribution in [0.25, 0.3) is 0 Å². The van der Waals surface area contributed by atoms with Gasteiger partial charge in [-0.25, -0.2) is 4.79 Å². The van der Waals surface area contributed by atoms with Gasteiger partial charge in [-0.2, -0.15) is 0 Å². The maximum absolute atomic E-state index is 12.9. The van der Waals surface area contributed by atoms with Crippen molar-refractivity contribution in [2.45, 2.75) is 12.6 Å². The number of amides is 1. The highest BCUT2D eigenvalue weighted by Crippen LogP contribution is 2.14. The monoisotopic (exact) mass is 403 g/mol. The van der Waals surface area contributed by atoms with Gasteiger partial charge in [0.2, 0.25) is 0 Å². The van der Waals surface area contributed by atoms with Crippen LogP contribution < -0.4 is 10.1 Å². The number of carbonyl (C=O) groups excluding carboxylic acids is 3. The van der Waals surface area contributed by atoms with Crippen LogP contribution in [0.15, 0.2) is 84.9 Å². The molecule has 152 valence electrons. The van der Waals surface area contributed by atoms with Crippen LogP contribution in [-0.4, -0.2) is 30.8 Å². The molecule has 0 aromatic heterocycles. The molecule has 1 unspecified atom stereocenters. The summed E-state index contributed by atoms with van der Waals surface area (Å²) in [7, 11) is 1.49. The van der Waals surface area contributed by atoms with Crippen LogP contribution in [0, 0.1) is 0 Å². The molecule has 0 spiro atoms. The highest BCUT2D eigenvalue weighted by atomic mass is 16.5. The summed E-state index contributed by atoms with van der Waals surface area (Å²) in [4.78, 5) is 38.4. The zero-order valence-corrected chi connectivity index (χ0v) is 16.4. The molecule has 6 nitrogen and oxygen atoms in total. The Bertz CT molecular complexity index is 1020. The molecule has 0 heterocycles. The molecule has 0 bridgehead atoms. The number of carbonyl (C=O) groups is 3. The maximum atomic E-state index is 12.9. The van der Waals surface area contributed by atoms with Crippen LogP contribution in [0.2, 0.25) is 0 Å². The first-order chi connectivity index (χ1) is 14.6. The first kappa shape index (κ1) is 20.8. The summed E-state index contributed by atoms with van der Waals surface area (Å²) in [6.45, 7) is -0.00667. The van der Waals surface area contributed by atoms with Gasteiger partial charge in [0.05, 0.1) is 7.11 Å². The van der Waals surface area contributed by atoms with Crippen LogP contribution in [-0.2, 0) is 16.1 Å². The lowest BCUT2D eigenvalue weighted by Gasteiger charge is -2.17. The van der Waals surface area contributed by atoms with Gasteiger partial charge in [-0.05, 0) is 23.8 Å². The normalized spacial score (nSPS) is 11.2. The average molecular weight is 403 g/mol. The van der Waals surface area contributed by atoms with E-state index in [1.807, 2.05) is 18.2 Å². The smallest absolute Gasteiger partial charge is 0.337 e. The molecule has 0 radical (unpaired) electrons. The molecule has 0 aliphatic heterocycles. The van der Waals surface area contributed by atoms with E-state index in [0.29, 0.717) is 11.3 Å². The molecule has 0 fully saturated rings. The van der Waals surface area contributed by atoms with Crippen molar-refractivity contribution in [3.63, 3.8) is 0 Å². The zero-order chi connectivity index (χ0) is 21.3. The molecular weight excluding hydrogens is 382 g/mol. The Balaban J connectivity index is 1.80. The van der Waals surface area contributed by atoms with Crippen molar-refractivity contribution < 1.29 is 23.9 Å². The van der Waals surface area contributed by atoms with E-state index in [1.165, 1.54) is 13.2 Å². The van der Waals surface area contributed by atoms with Gasteiger partial charge >= 0.3 is 5.97 Å². The third-order valence-corrected chi connectivity index (χ3v) is 4.39. The molecule has 1 atom stereocenters. The molecule has 30 heavy (non-hydrogen) atoms. The van der Waals surface area contributed by atoms with E-state index in [1.54, 1.807) is 60.7 Å². The molecule has 0 aliphatic rings. The zero-order valence-electron chi connectivity index (χ0n) is 16.4. The summed E-state index contributed by atoms with van der Waals surface area (Å²) in [6, 6.07) is 22.3. The fraction of sp³-hybridized carbons (Fsp3) is 0.125. The minimum Gasteiger partial charge on any atom is -0.497 e. The van der Waals surface area contributed by atoms with Crippen LogP contribution >= 0.6 is 0 Å². The van der Waals surface area contributed by atoms with E-state index >= 15 is 0 Å². The molecule has 0 saturated carbocycles. The van der Waals surface area contributed by atoms with Gasteiger partial charge in [0.15, 0.2) is 11.8 Å². The summed E-state index contributed by atoms with van der Waals surface area (Å²) in [5.41, 5.74) is 1.33. The van der Waals surface area contributed by atoms with Crippen molar-refractivity contribution in [3.05, 3.63) is 102 Å². The number of ketones is 1.